The molecule has 1 amide bonds. The van der Waals surface area contributed by atoms with E-state index in [1.54, 1.807) is 18.4 Å². The second kappa shape index (κ2) is 12.6. The number of aliphatic hydroxyl groups is 1. The minimum atomic E-state index is -1.63. The smallest absolute Gasteiger partial charge is 0.280 e. The summed E-state index contributed by atoms with van der Waals surface area (Å²) in [7, 11) is -0.340. The van der Waals surface area contributed by atoms with Gasteiger partial charge in [0, 0.05) is 26.5 Å². The van der Waals surface area contributed by atoms with E-state index in [9.17, 15) is 9.59 Å². The number of nitrogens with zero attached hydrogens (tertiary/aromatic N) is 5. The summed E-state index contributed by atoms with van der Waals surface area (Å²) in [5.74, 6) is -0.595. The van der Waals surface area contributed by atoms with Gasteiger partial charge in [-0.05, 0) is 47.4 Å². The molecule has 0 radical (unpaired) electrons. The molecule has 5 rings (SSSR count). The van der Waals surface area contributed by atoms with E-state index in [2.05, 4.69) is 63.8 Å². The van der Waals surface area contributed by atoms with Crippen molar-refractivity contribution >= 4 is 31.5 Å². The van der Waals surface area contributed by atoms with Crippen molar-refractivity contribution in [1.29, 1.82) is 6.69 Å². The van der Waals surface area contributed by atoms with Crippen molar-refractivity contribution in [3.63, 3.8) is 0 Å². The molecule has 5 atom stereocenters. The van der Waals surface area contributed by atoms with E-state index < -0.39 is 43.7 Å². The highest BCUT2D eigenvalue weighted by Crippen LogP contribution is 2.67. The van der Waals surface area contributed by atoms with Gasteiger partial charge in [-0.3, -0.25) is 24.5 Å². The molecule has 2 aromatic rings. The lowest BCUT2D eigenvalue weighted by Crippen LogP contribution is -2.47. The van der Waals surface area contributed by atoms with Crippen LogP contribution in [0.4, 0.5) is 5.95 Å². The Hall–Kier alpha value is -2.50. The summed E-state index contributed by atoms with van der Waals surface area (Å²) < 4.78 is 44.4. The number of fused-ring (bicyclic) bond motifs is 4. The Bertz CT molecular complexity index is 1410. The lowest BCUT2D eigenvalue weighted by Gasteiger charge is -2.39. The number of aromatic nitrogens is 4. The molecule has 1 spiro atoms. The van der Waals surface area contributed by atoms with Gasteiger partial charge in [0.1, 0.15) is 23.4 Å². The maximum absolute atomic E-state index is 12.8. The van der Waals surface area contributed by atoms with Crippen LogP contribution < -0.4 is 10.9 Å². The summed E-state index contributed by atoms with van der Waals surface area (Å²) in [5, 5.41) is 15.2. The van der Waals surface area contributed by atoms with E-state index in [1.165, 1.54) is 13.4 Å². The van der Waals surface area contributed by atoms with Crippen LogP contribution in [0.1, 0.15) is 75.3 Å². The molecule has 42 heavy (non-hydrogen) atoms. The van der Waals surface area contributed by atoms with Crippen LogP contribution in [0.15, 0.2) is 11.1 Å². The van der Waals surface area contributed by atoms with Gasteiger partial charge >= 0.3 is 0 Å². The summed E-state index contributed by atoms with van der Waals surface area (Å²) in [4.78, 5) is 36.4. The third-order valence-corrected chi connectivity index (χ3v) is 9.66. The number of carbonyl (C=O) groups is 1. The van der Waals surface area contributed by atoms with Gasteiger partial charge in [0.15, 0.2) is 17.4 Å². The van der Waals surface area contributed by atoms with Crippen LogP contribution in [0.25, 0.3) is 11.2 Å². The zero-order valence-electron chi connectivity index (χ0n) is 27.1. The normalized spacial score (nSPS) is 26.9. The van der Waals surface area contributed by atoms with Crippen molar-refractivity contribution in [3.05, 3.63) is 16.7 Å². The molecule has 14 nitrogen and oxygen atoms in total. The molecule has 4 heterocycles. The van der Waals surface area contributed by atoms with E-state index >= 15 is 0 Å². The Morgan fingerprint density at radius 2 is 2.10 bits per heavy atom. The SMILES string of the molecule is [2H]C[C@]12O[C@@H](n3cnc4c(=O)[nH]c(NC(=O)C(C)C)nc43)[C@H](OC13CC3)[C@@H]2OP(OCCC#N)N(C(C)C)C(C)C.[3H]OC. The maximum atomic E-state index is 12.8. The minimum absolute atomic E-state index is 0.00705. The van der Waals surface area contributed by atoms with Crippen LogP contribution in [0.2, 0.25) is 0 Å². The molecule has 3 N–H and O–H groups in total. The van der Waals surface area contributed by atoms with E-state index in [0.717, 1.165) is 12.8 Å². The molecule has 2 bridgehead atoms. The molecule has 1 saturated carbocycles. The predicted octanol–water partition coefficient (Wildman–Crippen LogP) is 3.20. The number of hydrogen-bond acceptors (Lipinski definition) is 11. The van der Waals surface area contributed by atoms with Crippen molar-refractivity contribution in [1.82, 2.24) is 24.2 Å². The van der Waals surface area contributed by atoms with Crippen LogP contribution in [-0.4, -0.2) is 85.8 Å². The number of carbonyl (C=O) groups excluding carboxylic acids is 1. The Kier molecular flexibility index (Phi) is 8.88. The first-order chi connectivity index (χ1) is 20.9. The monoisotopic (exact) mass is 610 g/mol. The topological polar surface area (TPSA) is 177 Å². The fraction of sp³-hybridized carbons (Fsp3) is 0.741. The van der Waals surface area contributed by atoms with Crippen molar-refractivity contribution < 1.29 is 29.8 Å². The summed E-state index contributed by atoms with van der Waals surface area (Å²) in [6.07, 6.45) is 1.10. The average molecular weight is 611 g/mol. The number of aliphatic hydroxyl groups excluding tert-OH is 1. The van der Waals surface area contributed by atoms with Gasteiger partial charge in [-0.1, -0.05) is 13.8 Å². The van der Waals surface area contributed by atoms with Crippen molar-refractivity contribution in [2.45, 2.75) is 109 Å². The second-order valence-corrected chi connectivity index (χ2v) is 12.8. The molecule has 15 heteroatoms. The largest absolute Gasteiger partial charge is 0.400 e. The zero-order chi connectivity index (χ0) is 32.4. The van der Waals surface area contributed by atoms with Crippen molar-refractivity contribution in [2.75, 3.05) is 19.0 Å². The summed E-state index contributed by atoms with van der Waals surface area (Å²) in [5.41, 5.74) is -1.90. The first kappa shape index (κ1) is 29.6. The van der Waals surface area contributed by atoms with Gasteiger partial charge in [-0.15, -0.1) is 0 Å². The molecular formula is C27H42N7O7P. The first-order valence-electron chi connectivity index (χ1n) is 15.2. The Labute approximate surface area is 249 Å². The molecule has 1 aliphatic carbocycles. The standard InChI is InChI=1S/C26H38N7O6P.CH4O/c1-14(2)21(34)30-24-29-20-17(22(35)31-24)28-13-32(20)23-18-19(25(7,38-23)26(37-18)9-10-26)39-40(36-12-8-11-27)33(15(3)4)16(5)6;1-2/h13-16,18-19,23H,8-10,12H2,1-7H3,(H2,29,30,31,34,35);2H,1H3/t18-,19+,23-,25-,40?;/m1./s1/i7D;2T. The third kappa shape index (κ3) is 5.71. The third-order valence-electron chi connectivity index (χ3n) is 7.55. The number of hydrogen-bond donors (Lipinski definition) is 3. The highest BCUT2D eigenvalue weighted by atomic mass is 31.2. The van der Waals surface area contributed by atoms with Gasteiger partial charge in [-0.25, -0.2) is 9.65 Å². The summed E-state index contributed by atoms with van der Waals surface area (Å²) in [6.45, 7) is 11.8. The molecule has 232 valence electrons. The molecule has 2 aliphatic heterocycles. The van der Waals surface area contributed by atoms with Gasteiger partial charge in [0.25, 0.3) is 14.1 Å². The van der Waals surface area contributed by atoms with Gasteiger partial charge in [0.05, 0.1) is 25.4 Å². The summed E-state index contributed by atoms with van der Waals surface area (Å²) >= 11 is 0. The maximum Gasteiger partial charge on any atom is 0.280 e. The van der Waals surface area contributed by atoms with E-state index in [0.29, 0.717) is 0 Å². The predicted molar refractivity (Wildman–Crippen MR) is 155 cm³/mol. The van der Waals surface area contributed by atoms with Gasteiger partial charge in [0.2, 0.25) is 13.3 Å². The van der Waals surface area contributed by atoms with Crippen LogP contribution in [0.3, 0.4) is 0 Å². The Morgan fingerprint density at radius 3 is 2.67 bits per heavy atom. The molecule has 3 fully saturated rings. The molecule has 2 saturated heterocycles. The van der Waals surface area contributed by atoms with E-state index in [4.69, 9.17) is 26.6 Å². The van der Waals surface area contributed by atoms with Crippen LogP contribution >= 0.6 is 8.53 Å². The van der Waals surface area contributed by atoms with Crippen molar-refractivity contribution in [3.8, 4) is 6.07 Å². The molecule has 2 aromatic heterocycles. The molecule has 0 aromatic carbocycles. The number of nitriles is 1. The lowest BCUT2D eigenvalue weighted by atomic mass is 9.93. The van der Waals surface area contributed by atoms with Crippen LogP contribution in [0.5, 0.6) is 0 Å². The lowest BCUT2D eigenvalue weighted by molar-refractivity contribution is -0.216. The minimum Gasteiger partial charge on any atom is -0.400 e. The van der Waals surface area contributed by atoms with E-state index in [-0.39, 0.29) is 60.9 Å². The quantitative estimate of drug-likeness (QED) is 0.251. The second-order valence-electron chi connectivity index (χ2n) is 11.4. The number of ether oxygens (including phenoxy) is 2. The number of rotatable bonds is 11. The molecule has 1 unspecified atom stereocenters. The highest BCUT2D eigenvalue weighted by molar-refractivity contribution is 7.44. The Morgan fingerprint density at radius 1 is 1.40 bits per heavy atom. The number of H-pyrrole nitrogens is 1. The number of amides is 1. The highest BCUT2D eigenvalue weighted by Gasteiger charge is 2.77. The number of nitrogens with one attached hydrogen (secondary N) is 2. The fourth-order valence-electron chi connectivity index (χ4n) is 5.45. The summed E-state index contributed by atoms with van der Waals surface area (Å²) in [6, 6.07) is 2.30. The number of anilines is 1. The van der Waals surface area contributed by atoms with Crippen LogP contribution in [-0.2, 0) is 23.3 Å². The molecular weight excluding hydrogens is 565 g/mol. The fourth-order valence-corrected chi connectivity index (χ4v) is 7.24. The first-order valence-corrected chi connectivity index (χ1v) is 15.2. The van der Waals surface area contributed by atoms with Crippen LogP contribution in [0, 0.1) is 17.2 Å². The van der Waals surface area contributed by atoms with Crippen molar-refractivity contribution in [2.24, 2.45) is 5.92 Å². The Balaban J connectivity index is 0.00000141. The average Bonchev–Trinajstić information content (AvgIpc) is 3.39. The van der Waals surface area contributed by atoms with Gasteiger partial charge < -0.3 is 23.6 Å². The zero-order valence-corrected chi connectivity index (χ0v) is 26.0. The van der Waals surface area contributed by atoms with E-state index in [1.807, 2.05) is 0 Å². The molecule has 3 aliphatic rings. The van der Waals surface area contributed by atoms with Gasteiger partial charge in [-0.2, -0.15) is 10.2 Å². The number of imidazole rings is 1. The number of aromatic amines is 1.